The number of carbonyl (C=O) groups excluding carboxylic acids is 1. The molecule has 1 atom stereocenters. The average Bonchev–Trinajstić information content (AvgIpc) is 2.37. The zero-order chi connectivity index (χ0) is 13.7. The molecular formula is C12H14Br2O4. The molecule has 1 aromatic carbocycles. The molecule has 0 amide bonds. The molecule has 100 valence electrons. The molecule has 18 heavy (non-hydrogen) atoms. The summed E-state index contributed by atoms with van der Waals surface area (Å²) in [5, 5.41) is 0. The van der Waals surface area contributed by atoms with E-state index < -0.39 is 4.83 Å². The van der Waals surface area contributed by atoms with Gasteiger partial charge in [-0.2, -0.15) is 0 Å². The molecule has 0 aliphatic rings. The van der Waals surface area contributed by atoms with Gasteiger partial charge in [-0.25, -0.2) is 0 Å². The maximum atomic E-state index is 11.7. The summed E-state index contributed by atoms with van der Waals surface area (Å²) >= 11 is 6.71. The molecule has 0 fully saturated rings. The number of esters is 1. The predicted octanol–water partition coefficient (Wildman–Crippen LogP) is 3.47. The second-order valence-corrected chi connectivity index (χ2v) is 5.11. The summed E-state index contributed by atoms with van der Waals surface area (Å²) in [4.78, 5) is 11.1. The minimum Gasteiger partial charge on any atom is -0.493 e. The molecule has 0 aliphatic heterocycles. The molecule has 0 heterocycles. The third kappa shape index (κ3) is 3.38. The quantitative estimate of drug-likeness (QED) is 0.578. The maximum absolute atomic E-state index is 11.7. The van der Waals surface area contributed by atoms with Crippen LogP contribution in [0.2, 0.25) is 0 Å². The van der Waals surface area contributed by atoms with Crippen LogP contribution in [0.25, 0.3) is 0 Å². The standard InChI is InChI=1S/C12H14Br2O4/c1-4-18-12(15)11(14)7-5-9(16-2)10(17-3)6-8(7)13/h5-6,11H,4H2,1-3H3. The minimum absolute atomic E-state index is 0.339. The highest BCUT2D eigenvalue weighted by Gasteiger charge is 2.23. The van der Waals surface area contributed by atoms with Crippen molar-refractivity contribution >= 4 is 37.8 Å². The molecule has 4 nitrogen and oxygen atoms in total. The Balaban J connectivity index is 3.12. The number of hydrogen-bond donors (Lipinski definition) is 0. The number of methoxy groups -OCH3 is 2. The molecule has 1 rings (SSSR count). The summed E-state index contributed by atoms with van der Waals surface area (Å²) in [5.41, 5.74) is 0.728. The van der Waals surface area contributed by atoms with E-state index in [-0.39, 0.29) is 5.97 Å². The van der Waals surface area contributed by atoms with Crippen LogP contribution in [0.4, 0.5) is 0 Å². The second-order valence-electron chi connectivity index (χ2n) is 3.34. The van der Waals surface area contributed by atoms with E-state index in [1.807, 2.05) is 0 Å². The average molecular weight is 382 g/mol. The van der Waals surface area contributed by atoms with Gasteiger partial charge in [0.2, 0.25) is 0 Å². The zero-order valence-corrected chi connectivity index (χ0v) is 13.5. The van der Waals surface area contributed by atoms with E-state index in [2.05, 4.69) is 31.9 Å². The van der Waals surface area contributed by atoms with Crippen molar-refractivity contribution in [2.24, 2.45) is 0 Å². The van der Waals surface area contributed by atoms with Gasteiger partial charge in [0.25, 0.3) is 0 Å². The van der Waals surface area contributed by atoms with Gasteiger partial charge in [-0.1, -0.05) is 31.9 Å². The highest BCUT2D eigenvalue weighted by molar-refractivity contribution is 9.11. The van der Waals surface area contributed by atoms with Crippen LogP contribution in [0.15, 0.2) is 16.6 Å². The molecule has 0 aliphatic carbocycles. The lowest BCUT2D eigenvalue weighted by Crippen LogP contribution is -2.11. The van der Waals surface area contributed by atoms with E-state index in [1.165, 1.54) is 0 Å². The normalized spacial score (nSPS) is 11.8. The summed E-state index contributed by atoms with van der Waals surface area (Å²) in [6.45, 7) is 2.10. The number of alkyl halides is 1. The number of halogens is 2. The van der Waals surface area contributed by atoms with Gasteiger partial charge in [-0.15, -0.1) is 0 Å². The molecular weight excluding hydrogens is 368 g/mol. The van der Waals surface area contributed by atoms with Gasteiger partial charge >= 0.3 is 5.97 Å². The van der Waals surface area contributed by atoms with Crippen LogP contribution < -0.4 is 9.47 Å². The highest BCUT2D eigenvalue weighted by Crippen LogP contribution is 2.39. The predicted molar refractivity (Wildman–Crippen MR) is 75.5 cm³/mol. The van der Waals surface area contributed by atoms with Crippen molar-refractivity contribution in [3.63, 3.8) is 0 Å². The molecule has 1 aromatic rings. The number of carbonyl (C=O) groups is 1. The van der Waals surface area contributed by atoms with Crippen molar-refractivity contribution in [2.75, 3.05) is 20.8 Å². The lowest BCUT2D eigenvalue weighted by atomic mass is 10.1. The zero-order valence-electron chi connectivity index (χ0n) is 10.3. The first-order valence-corrected chi connectivity index (χ1v) is 6.98. The van der Waals surface area contributed by atoms with Crippen LogP contribution in [-0.4, -0.2) is 26.8 Å². The summed E-state index contributed by atoms with van der Waals surface area (Å²) in [5.74, 6) is 0.812. The third-order valence-electron chi connectivity index (χ3n) is 2.27. The van der Waals surface area contributed by atoms with Crippen LogP contribution in [0.5, 0.6) is 11.5 Å². The molecule has 0 bridgehead atoms. The van der Waals surface area contributed by atoms with Crippen LogP contribution >= 0.6 is 31.9 Å². The van der Waals surface area contributed by atoms with Crippen molar-refractivity contribution in [3.8, 4) is 11.5 Å². The van der Waals surface area contributed by atoms with Gasteiger partial charge < -0.3 is 14.2 Å². The molecule has 0 saturated heterocycles. The molecule has 1 unspecified atom stereocenters. The van der Waals surface area contributed by atoms with Gasteiger partial charge in [0.15, 0.2) is 11.5 Å². The van der Waals surface area contributed by atoms with Crippen LogP contribution in [0.3, 0.4) is 0 Å². The highest BCUT2D eigenvalue weighted by atomic mass is 79.9. The topological polar surface area (TPSA) is 44.8 Å². The largest absolute Gasteiger partial charge is 0.493 e. The van der Waals surface area contributed by atoms with Crippen molar-refractivity contribution in [2.45, 2.75) is 11.8 Å². The fraction of sp³-hybridized carbons (Fsp3) is 0.417. The van der Waals surface area contributed by atoms with E-state index in [1.54, 1.807) is 33.3 Å². The van der Waals surface area contributed by atoms with Gasteiger partial charge in [-0.3, -0.25) is 4.79 Å². The number of hydrogen-bond acceptors (Lipinski definition) is 4. The van der Waals surface area contributed by atoms with Gasteiger partial charge in [-0.05, 0) is 24.6 Å². The lowest BCUT2D eigenvalue weighted by molar-refractivity contribution is -0.142. The first kappa shape index (κ1) is 15.3. The van der Waals surface area contributed by atoms with Crippen LogP contribution in [0, 0.1) is 0 Å². The fourth-order valence-corrected chi connectivity index (χ4v) is 2.78. The van der Waals surface area contributed by atoms with Gasteiger partial charge in [0.05, 0.1) is 20.8 Å². The van der Waals surface area contributed by atoms with Gasteiger partial charge in [0.1, 0.15) is 4.83 Å². The van der Waals surface area contributed by atoms with Crippen LogP contribution in [0.1, 0.15) is 17.3 Å². The number of ether oxygens (including phenoxy) is 3. The molecule has 6 heteroatoms. The van der Waals surface area contributed by atoms with Crippen molar-refractivity contribution in [3.05, 3.63) is 22.2 Å². The lowest BCUT2D eigenvalue weighted by Gasteiger charge is -2.15. The SMILES string of the molecule is CCOC(=O)C(Br)c1cc(OC)c(OC)cc1Br. The van der Waals surface area contributed by atoms with E-state index in [9.17, 15) is 4.79 Å². The van der Waals surface area contributed by atoms with Crippen molar-refractivity contribution in [1.29, 1.82) is 0 Å². The molecule has 0 N–H and O–H groups in total. The van der Waals surface area contributed by atoms with E-state index in [0.717, 1.165) is 10.0 Å². The van der Waals surface area contributed by atoms with Crippen molar-refractivity contribution in [1.82, 2.24) is 0 Å². The molecule has 0 saturated carbocycles. The van der Waals surface area contributed by atoms with Crippen molar-refractivity contribution < 1.29 is 19.0 Å². The summed E-state index contributed by atoms with van der Waals surface area (Å²) in [6.07, 6.45) is 0. The second kappa shape index (κ2) is 6.99. The Morgan fingerprint density at radius 1 is 1.28 bits per heavy atom. The Bertz CT molecular complexity index is 434. The Morgan fingerprint density at radius 2 is 1.83 bits per heavy atom. The monoisotopic (exact) mass is 380 g/mol. The Morgan fingerprint density at radius 3 is 2.33 bits per heavy atom. The number of benzene rings is 1. The molecule has 0 spiro atoms. The first-order chi connectivity index (χ1) is 8.54. The van der Waals surface area contributed by atoms with Gasteiger partial charge in [0, 0.05) is 4.47 Å². The molecule has 0 aromatic heterocycles. The first-order valence-electron chi connectivity index (χ1n) is 5.27. The summed E-state index contributed by atoms with van der Waals surface area (Å²) in [6, 6.07) is 3.49. The Kier molecular flexibility index (Phi) is 5.95. The summed E-state index contributed by atoms with van der Waals surface area (Å²) in [7, 11) is 3.10. The fourth-order valence-electron chi connectivity index (χ4n) is 1.41. The Labute approximate surface area is 123 Å². The maximum Gasteiger partial charge on any atom is 0.324 e. The Hall–Kier alpha value is -0.750. The number of rotatable bonds is 5. The minimum atomic E-state index is -0.549. The molecule has 0 radical (unpaired) electrons. The smallest absolute Gasteiger partial charge is 0.324 e. The third-order valence-corrected chi connectivity index (χ3v) is 3.82. The summed E-state index contributed by atoms with van der Waals surface area (Å²) < 4.78 is 16.1. The van der Waals surface area contributed by atoms with E-state index in [4.69, 9.17) is 14.2 Å². The van der Waals surface area contributed by atoms with Crippen LogP contribution in [-0.2, 0) is 9.53 Å². The van der Waals surface area contributed by atoms with E-state index >= 15 is 0 Å². The van der Waals surface area contributed by atoms with E-state index in [0.29, 0.717) is 18.1 Å².